The van der Waals surface area contributed by atoms with Gasteiger partial charge in [0.15, 0.2) is 0 Å². The number of nitrogens with zero attached hydrogens (tertiary/aromatic N) is 3. The summed E-state index contributed by atoms with van der Waals surface area (Å²) in [6.45, 7) is 6.17. The summed E-state index contributed by atoms with van der Waals surface area (Å²) in [5.41, 5.74) is -0.619. The minimum atomic E-state index is -0.619. The van der Waals surface area contributed by atoms with Crippen LogP contribution in [0.5, 0.6) is 0 Å². The second kappa shape index (κ2) is 4.61. The van der Waals surface area contributed by atoms with Gasteiger partial charge in [-0.15, -0.1) is 11.3 Å². The lowest BCUT2D eigenvalue weighted by atomic mass is 10.1. The van der Waals surface area contributed by atoms with E-state index in [1.807, 2.05) is 19.2 Å². The Morgan fingerprint density at radius 1 is 1.53 bits per heavy atom. The van der Waals surface area contributed by atoms with Crippen LogP contribution in [0, 0.1) is 0 Å². The summed E-state index contributed by atoms with van der Waals surface area (Å²) in [5.74, 6) is 1.60. The van der Waals surface area contributed by atoms with Gasteiger partial charge in [-0.2, -0.15) is 4.98 Å². The number of nitrogens with one attached hydrogen (secondary N) is 1. The van der Waals surface area contributed by atoms with Crippen LogP contribution in [0.25, 0.3) is 10.2 Å². The summed E-state index contributed by atoms with van der Waals surface area (Å²) in [7, 11) is 0. The molecular weight excluding hydrogens is 260 g/mol. The third-order valence-corrected chi connectivity index (χ3v) is 4.20. The van der Waals surface area contributed by atoms with Crippen molar-refractivity contribution in [3.8, 4) is 0 Å². The van der Waals surface area contributed by atoms with Gasteiger partial charge in [0.2, 0.25) is 5.95 Å². The Labute approximate surface area is 116 Å². The Morgan fingerprint density at radius 3 is 3.05 bits per heavy atom. The van der Waals surface area contributed by atoms with Crippen LogP contribution in [-0.2, 0) is 0 Å². The van der Waals surface area contributed by atoms with Gasteiger partial charge >= 0.3 is 0 Å². The molecule has 1 atom stereocenters. The van der Waals surface area contributed by atoms with E-state index in [0.717, 1.165) is 35.5 Å². The Bertz CT molecular complexity index is 595. The highest BCUT2D eigenvalue weighted by atomic mass is 32.1. The smallest absolute Gasteiger partial charge is 0.226 e. The van der Waals surface area contributed by atoms with Gasteiger partial charge in [0.25, 0.3) is 0 Å². The molecule has 1 aliphatic rings. The van der Waals surface area contributed by atoms with Crippen molar-refractivity contribution in [3.05, 3.63) is 11.4 Å². The summed E-state index contributed by atoms with van der Waals surface area (Å²) < 4.78 is 0. The zero-order chi connectivity index (χ0) is 13.5. The number of anilines is 2. The molecule has 0 aliphatic carbocycles. The van der Waals surface area contributed by atoms with Crippen LogP contribution in [0.2, 0.25) is 0 Å². The maximum Gasteiger partial charge on any atom is 0.226 e. The Kier molecular flexibility index (Phi) is 3.06. The molecule has 6 heteroatoms. The average molecular weight is 278 g/mol. The SMILES string of the molecule is CCNc1nc(N2CCC(C)(O)C2)c2ccsc2n1. The van der Waals surface area contributed by atoms with E-state index < -0.39 is 5.60 Å². The van der Waals surface area contributed by atoms with Gasteiger partial charge in [-0.05, 0) is 31.7 Å². The van der Waals surface area contributed by atoms with Crippen molar-refractivity contribution in [2.75, 3.05) is 29.9 Å². The predicted octanol–water partition coefficient (Wildman–Crippen LogP) is 2.08. The Hall–Kier alpha value is -1.40. The topological polar surface area (TPSA) is 61.3 Å². The molecule has 1 aliphatic heterocycles. The largest absolute Gasteiger partial charge is 0.388 e. The minimum absolute atomic E-state index is 0.619. The molecule has 1 unspecified atom stereocenters. The summed E-state index contributed by atoms with van der Waals surface area (Å²) in [6, 6.07) is 2.05. The molecule has 0 spiro atoms. The molecule has 0 aromatic carbocycles. The zero-order valence-corrected chi connectivity index (χ0v) is 12.0. The number of β-amino-alcohol motifs (C(OH)–C–C–N with tert-alkyl or cyclic N) is 1. The number of aromatic nitrogens is 2. The second-order valence-electron chi connectivity index (χ2n) is 5.21. The van der Waals surface area contributed by atoms with Crippen molar-refractivity contribution in [2.45, 2.75) is 25.9 Å². The van der Waals surface area contributed by atoms with E-state index in [-0.39, 0.29) is 0 Å². The molecule has 1 saturated heterocycles. The number of fused-ring (bicyclic) bond motifs is 1. The molecule has 3 heterocycles. The summed E-state index contributed by atoms with van der Waals surface area (Å²) in [4.78, 5) is 12.3. The minimum Gasteiger partial charge on any atom is -0.388 e. The average Bonchev–Trinajstić information content (AvgIpc) is 2.94. The van der Waals surface area contributed by atoms with Crippen LogP contribution in [0.4, 0.5) is 11.8 Å². The fraction of sp³-hybridized carbons (Fsp3) is 0.538. The van der Waals surface area contributed by atoms with Gasteiger partial charge < -0.3 is 15.3 Å². The van der Waals surface area contributed by atoms with Crippen molar-refractivity contribution in [3.63, 3.8) is 0 Å². The van der Waals surface area contributed by atoms with Crippen molar-refractivity contribution >= 4 is 33.3 Å². The van der Waals surface area contributed by atoms with E-state index in [2.05, 4.69) is 26.3 Å². The third kappa shape index (κ3) is 2.37. The Balaban J connectivity index is 2.03. The first kappa shape index (κ1) is 12.6. The van der Waals surface area contributed by atoms with Crippen LogP contribution < -0.4 is 10.2 Å². The number of rotatable bonds is 3. The molecule has 0 saturated carbocycles. The third-order valence-electron chi connectivity index (χ3n) is 3.39. The number of hydrogen-bond acceptors (Lipinski definition) is 6. The van der Waals surface area contributed by atoms with Gasteiger partial charge in [-0.25, -0.2) is 4.98 Å². The maximum absolute atomic E-state index is 10.1. The molecule has 2 aromatic rings. The van der Waals surface area contributed by atoms with Gasteiger partial charge in [0.05, 0.1) is 11.0 Å². The zero-order valence-electron chi connectivity index (χ0n) is 11.2. The fourth-order valence-electron chi connectivity index (χ4n) is 2.44. The van der Waals surface area contributed by atoms with Crippen LogP contribution in [0.1, 0.15) is 20.3 Å². The van der Waals surface area contributed by atoms with E-state index in [1.54, 1.807) is 11.3 Å². The highest BCUT2D eigenvalue weighted by Gasteiger charge is 2.33. The number of hydrogen-bond donors (Lipinski definition) is 2. The second-order valence-corrected chi connectivity index (χ2v) is 6.10. The molecule has 19 heavy (non-hydrogen) atoms. The van der Waals surface area contributed by atoms with Gasteiger partial charge in [-0.1, -0.05) is 0 Å². The molecular formula is C13H18N4OS. The quantitative estimate of drug-likeness (QED) is 0.900. The highest BCUT2D eigenvalue weighted by molar-refractivity contribution is 7.16. The summed E-state index contributed by atoms with van der Waals surface area (Å²) in [6.07, 6.45) is 0.777. The molecule has 0 bridgehead atoms. The molecule has 3 rings (SSSR count). The maximum atomic E-state index is 10.1. The van der Waals surface area contributed by atoms with E-state index in [1.165, 1.54) is 0 Å². The number of aliphatic hydroxyl groups is 1. The fourth-order valence-corrected chi connectivity index (χ4v) is 3.20. The lowest BCUT2D eigenvalue weighted by Gasteiger charge is -2.21. The molecule has 102 valence electrons. The number of thiophene rings is 1. The monoisotopic (exact) mass is 278 g/mol. The standard InChI is InChI=1S/C13H18N4OS/c1-3-14-12-15-10(9-4-7-19-11(9)16-12)17-6-5-13(2,18)8-17/h4,7,18H,3,5-6,8H2,1-2H3,(H,14,15,16). The first-order chi connectivity index (χ1) is 9.09. The lowest BCUT2D eigenvalue weighted by molar-refractivity contribution is 0.0839. The van der Waals surface area contributed by atoms with Gasteiger partial charge in [0.1, 0.15) is 10.6 Å². The van der Waals surface area contributed by atoms with Gasteiger partial charge in [0, 0.05) is 19.6 Å². The highest BCUT2D eigenvalue weighted by Crippen LogP contribution is 2.33. The molecule has 2 N–H and O–H groups in total. The first-order valence-electron chi connectivity index (χ1n) is 6.55. The van der Waals surface area contributed by atoms with Crippen molar-refractivity contribution in [1.29, 1.82) is 0 Å². The molecule has 2 aromatic heterocycles. The van der Waals surface area contributed by atoms with Crippen LogP contribution in [0.3, 0.4) is 0 Å². The molecule has 0 amide bonds. The summed E-state index contributed by atoms with van der Waals surface area (Å²) in [5, 5.41) is 16.4. The van der Waals surface area contributed by atoms with Crippen LogP contribution >= 0.6 is 11.3 Å². The van der Waals surface area contributed by atoms with E-state index >= 15 is 0 Å². The normalized spacial score (nSPS) is 23.2. The van der Waals surface area contributed by atoms with Crippen molar-refractivity contribution in [2.24, 2.45) is 0 Å². The summed E-state index contributed by atoms with van der Waals surface area (Å²) >= 11 is 1.62. The Morgan fingerprint density at radius 2 is 2.37 bits per heavy atom. The van der Waals surface area contributed by atoms with E-state index in [4.69, 9.17) is 0 Å². The first-order valence-corrected chi connectivity index (χ1v) is 7.43. The molecule has 0 radical (unpaired) electrons. The molecule has 5 nitrogen and oxygen atoms in total. The van der Waals surface area contributed by atoms with Gasteiger partial charge in [-0.3, -0.25) is 0 Å². The predicted molar refractivity (Wildman–Crippen MR) is 79.0 cm³/mol. The van der Waals surface area contributed by atoms with E-state index in [9.17, 15) is 5.11 Å². The molecule has 1 fully saturated rings. The van der Waals surface area contributed by atoms with E-state index in [0.29, 0.717) is 12.5 Å². The van der Waals surface area contributed by atoms with Crippen molar-refractivity contribution in [1.82, 2.24) is 9.97 Å². The lowest BCUT2D eigenvalue weighted by Crippen LogP contribution is -2.30. The van der Waals surface area contributed by atoms with Crippen LogP contribution in [0.15, 0.2) is 11.4 Å². The van der Waals surface area contributed by atoms with Crippen molar-refractivity contribution < 1.29 is 5.11 Å². The van der Waals surface area contributed by atoms with Crippen LogP contribution in [-0.4, -0.2) is 40.3 Å².